The third-order valence-corrected chi connectivity index (χ3v) is 4.94. The number of amides is 1. The Balaban J connectivity index is 1.28. The first-order valence-corrected chi connectivity index (χ1v) is 10.6. The predicted octanol–water partition coefficient (Wildman–Crippen LogP) is 2.72. The van der Waals surface area contributed by atoms with E-state index < -0.39 is 0 Å². The van der Waals surface area contributed by atoms with E-state index in [1.54, 1.807) is 42.5 Å². The third-order valence-electron chi connectivity index (χ3n) is 4.94. The van der Waals surface area contributed by atoms with Crippen LogP contribution in [0, 0.1) is 5.82 Å². The van der Waals surface area contributed by atoms with Crippen molar-refractivity contribution < 1.29 is 28.2 Å². The minimum Gasteiger partial charge on any atom is -0.493 e. The summed E-state index contributed by atoms with van der Waals surface area (Å²) in [4.78, 5) is 23.6. The van der Waals surface area contributed by atoms with E-state index in [1.165, 1.54) is 30.7 Å². The molecule has 2 aromatic carbocycles. The summed E-state index contributed by atoms with van der Waals surface area (Å²) in [7, 11) is 1.46. The summed E-state index contributed by atoms with van der Waals surface area (Å²) in [5.41, 5.74) is 1.65. The molecule has 0 aliphatic heterocycles. The molecular formula is C24H22FN5O5. The van der Waals surface area contributed by atoms with Gasteiger partial charge in [-0.1, -0.05) is 0 Å². The van der Waals surface area contributed by atoms with Gasteiger partial charge < -0.3 is 19.5 Å². The average molecular weight is 479 g/mol. The van der Waals surface area contributed by atoms with Gasteiger partial charge in [-0.25, -0.2) is 4.39 Å². The number of fused-ring (bicyclic) bond motifs is 1. The second-order valence-corrected chi connectivity index (χ2v) is 7.38. The SMILES string of the molecule is COc1cc(C(C)=O)ccc1OCC(=O)NCCOc1ccc2nnc(-c3ccc(F)cc3)n2n1. The normalized spacial score (nSPS) is 10.7. The molecular weight excluding hydrogens is 457 g/mol. The largest absolute Gasteiger partial charge is 0.493 e. The predicted molar refractivity (Wildman–Crippen MR) is 123 cm³/mol. The molecule has 4 rings (SSSR count). The number of nitrogens with one attached hydrogen (secondary N) is 1. The Bertz CT molecular complexity index is 1360. The van der Waals surface area contributed by atoms with Crippen LogP contribution in [-0.2, 0) is 4.79 Å². The van der Waals surface area contributed by atoms with E-state index in [2.05, 4.69) is 20.6 Å². The number of ether oxygens (including phenoxy) is 3. The van der Waals surface area contributed by atoms with E-state index in [9.17, 15) is 14.0 Å². The van der Waals surface area contributed by atoms with Crippen LogP contribution >= 0.6 is 0 Å². The lowest BCUT2D eigenvalue weighted by Crippen LogP contribution is -2.32. The summed E-state index contributed by atoms with van der Waals surface area (Å²) in [5, 5.41) is 15.2. The van der Waals surface area contributed by atoms with Gasteiger partial charge in [0.15, 0.2) is 35.4 Å². The Kier molecular flexibility index (Phi) is 7.15. The van der Waals surface area contributed by atoms with Gasteiger partial charge in [-0.2, -0.15) is 4.52 Å². The minimum atomic E-state index is -0.355. The van der Waals surface area contributed by atoms with Crippen LogP contribution in [0.15, 0.2) is 54.6 Å². The number of hydrogen-bond acceptors (Lipinski definition) is 8. The maximum absolute atomic E-state index is 13.2. The highest BCUT2D eigenvalue weighted by Crippen LogP contribution is 2.28. The lowest BCUT2D eigenvalue weighted by molar-refractivity contribution is -0.123. The molecule has 35 heavy (non-hydrogen) atoms. The van der Waals surface area contributed by atoms with Gasteiger partial charge in [-0.3, -0.25) is 9.59 Å². The topological polar surface area (TPSA) is 117 Å². The maximum Gasteiger partial charge on any atom is 0.258 e. The van der Waals surface area contributed by atoms with E-state index >= 15 is 0 Å². The van der Waals surface area contributed by atoms with E-state index in [-0.39, 0.29) is 37.3 Å². The van der Waals surface area contributed by atoms with Crippen molar-refractivity contribution in [2.24, 2.45) is 0 Å². The lowest BCUT2D eigenvalue weighted by Gasteiger charge is -2.12. The number of methoxy groups -OCH3 is 1. The van der Waals surface area contributed by atoms with E-state index in [4.69, 9.17) is 14.2 Å². The number of ketones is 1. The zero-order valence-corrected chi connectivity index (χ0v) is 19.0. The number of hydrogen-bond donors (Lipinski definition) is 1. The van der Waals surface area contributed by atoms with Gasteiger partial charge in [-0.05, 0) is 55.5 Å². The lowest BCUT2D eigenvalue weighted by atomic mass is 10.1. The maximum atomic E-state index is 13.2. The molecule has 4 aromatic rings. The number of Topliss-reactive ketones (excluding diaryl/α,β-unsaturated/α-hetero) is 1. The molecule has 0 aliphatic carbocycles. The molecule has 0 radical (unpaired) electrons. The molecule has 0 saturated heterocycles. The van der Waals surface area contributed by atoms with Crippen LogP contribution < -0.4 is 19.5 Å². The molecule has 180 valence electrons. The van der Waals surface area contributed by atoms with E-state index in [1.807, 2.05) is 0 Å². The van der Waals surface area contributed by atoms with Crippen molar-refractivity contribution in [3.63, 3.8) is 0 Å². The second kappa shape index (κ2) is 10.6. The van der Waals surface area contributed by atoms with Crippen LogP contribution in [0.5, 0.6) is 17.4 Å². The Morgan fingerprint density at radius 1 is 1.00 bits per heavy atom. The molecule has 0 atom stereocenters. The Hall–Kier alpha value is -4.54. The summed E-state index contributed by atoms with van der Waals surface area (Å²) in [6, 6.07) is 13.9. The highest BCUT2D eigenvalue weighted by atomic mass is 19.1. The van der Waals surface area contributed by atoms with Gasteiger partial charge >= 0.3 is 0 Å². The number of carbonyl (C=O) groups excluding carboxylic acids is 2. The van der Waals surface area contributed by atoms with Crippen LogP contribution in [0.4, 0.5) is 4.39 Å². The van der Waals surface area contributed by atoms with Crippen LogP contribution in [0.2, 0.25) is 0 Å². The van der Waals surface area contributed by atoms with E-state index in [0.29, 0.717) is 40.0 Å². The second-order valence-electron chi connectivity index (χ2n) is 7.38. The standard InChI is InChI=1S/C24H22FN5O5/c1-15(31)17-5-8-19(20(13-17)33-2)35-14-22(32)26-11-12-34-23-10-9-21-27-28-24(30(21)29-23)16-3-6-18(25)7-4-16/h3-10,13H,11-12,14H2,1-2H3,(H,26,32). The monoisotopic (exact) mass is 479 g/mol. The number of carbonyl (C=O) groups is 2. The summed E-state index contributed by atoms with van der Waals surface area (Å²) in [5.74, 6) is 0.669. The quantitative estimate of drug-likeness (QED) is 0.273. The molecule has 0 aliphatic rings. The Morgan fingerprint density at radius 3 is 2.54 bits per heavy atom. The minimum absolute atomic E-state index is 0.0998. The zero-order valence-electron chi connectivity index (χ0n) is 19.0. The summed E-state index contributed by atoms with van der Waals surface area (Å²) < 4.78 is 31.1. The van der Waals surface area contributed by atoms with Crippen LogP contribution in [0.1, 0.15) is 17.3 Å². The van der Waals surface area contributed by atoms with Crippen molar-refractivity contribution in [2.75, 3.05) is 26.9 Å². The number of halogens is 1. The highest BCUT2D eigenvalue weighted by molar-refractivity contribution is 5.94. The smallest absolute Gasteiger partial charge is 0.258 e. The van der Waals surface area contributed by atoms with Crippen LogP contribution in [-0.4, -0.2) is 58.4 Å². The highest BCUT2D eigenvalue weighted by Gasteiger charge is 2.12. The molecule has 1 N–H and O–H groups in total. The summed E-state index contributed by atoms with van der Waals surface area (Å²) in [6.45, 7) is 1.60. The van der Waals surface area contributed by atoms with Crippen molar-refractivity contribution in [1.82, 2.24) is 25.1 Å². The first kappa shape index (κ1) is 23.6. The van der Waals surface area contributed by atoms with Gasteiger partial charge in [0.1, 0.15) is 12.4 Å². The first-order chi connectivity index (χ1) is 16.9. The fraction of sp³-hybridized carbons (Fsp3) is 0.208. The van der Waals surface area contributed by atoms with Gasteiger partial charge in [0, 0.05) is 17.2 Å². The first-order valence-electron chi connectivity index (χ1n) is 10.6. The van der Waals surface area contributed by atoms with Crippen LogP contribution in [0.25, 0.3) is 17.0 Å². The molecule has 2 aromatic heterocycles. The molecule has 1 amide bonds. The van der Waals surface area contributed by atoms with Crippen molar-refractivity contribution in [3.05, 3.63) is 66.0 Å². The molecule has 0 unspecified atom stereocenters. The molecule has 11 heteroatoms. The number of aromatic nitrogens is 4. The van der Waals surface area contributed by atoms with Crippen molar-refractivity contribution in [2.45, 2.75) is 6.92 Å². The Morgan fingerprint density at radius 2 is 1.80 bits per heavy atom. The van der Waals surface area contributed by atoms with Gasteiger partial charge in [0.25, 0.3) is 5.91 Å². The van der Waals surface area contributed by atoms with Crippen molar-refractivity contribution in [1.29, 1.82) is 0 Å². The molecule has 10 nitrogen and oxygen atoms in total. The number of rotatable bonds is 10. The molecule has 0 fully saturated rings. The van der Waals surface area contributed by atoms with Gasteiger partial charge in [-0.15, -0.1) is 15.3 Å². The van der Waals surface area contributed by atoms with Crippen molar-refractivity contribution in [3.8, 4) is 28.8 Å². The van der Waals surface area contributed by atoms with Crippen LogP contribution in [0.3, 0.4) is 0 Å². The molecule has 0 spiro atoms. The van der Waals surface area contributed by atoms with Crippen molar-refractivity contribution >= 4 is 17.3 Å². The molecule has 2 heterocycles. The van der Waals surface area contributed by atoms with Gasteiger partial charge in [0.2, 0.25) is 5.88 Å². The number of nitrogens with zero attached hydrogens (tertiary/aromatic N) is 4. The average Bonchev–Trinajstić information content (AvgIpc) is 3.29. The van der Waals surface area contributed by atoms with Gasteiger partial charge in [0.05, 0.1) is 13.7 Å². The summed E-state index contributed by atoms with van der Waals surface area (Å²) in [6.07, 6.45) is 0. The summed E-state index contributed by atoms with van der Waals surface area (Å²) >= 11 is 0. The Labute approximate surface area is 199 Å². The fourth-order valence-corrected chi connectivity index (χ4v) is 3.17. The fourth-order valence-electron chi connectivity index (χ4n) is 3.17. The van der Waals surface area contributed by atoms with E-state index in [0.717, 1.165) is 0 Å². The third kappa shape index (κ3) is 5.69. The molecule has 0 saturated carbocycles. The molecule has 0 bridgehead atoms. The zero-order chi connectivity index (χ0) is 24.8. The number of benzene rings is 2.